The molecule has 0 saturated heterocycles. The van der Waals surface area contributed by atoms with Crippen LogP contribution in [0.1, 0.15) is 16.1 Å². The van der Waals surface area contributed by atoms with Crippen LogP contribution in [0.25, 0.3) is 10.1 Å². The van der Waals surface area contributed by atoms with Crippen molar-refractivity contribution in [3.05, 3.63) is 29.1 Å². The van der Waals surface area contributed by atoms with Gasteiger partial charge in [-0.1, -0.05) is 18.2 Å². The van der Waals surface area contributed by atoms with E-state index >= 15 is 0 Å². The highest BCUT2D eigenvalue weighted by atomic mass is 35.5. The third kappa shape index (κ3) is 4.42. The number of fused-ring (bicyclic) bond motifs is 1. The van der Waals surface area contributed by atoms with Gasteiger partial charge in [0.2, 0.25) is 10.0 Å². The number of rotatable bonds is 7. The second kappa shape index (κ2) is 8.60. The summed E-state index contributed by atoms with van der Waals surface area (Å²) < 4.78 is 33.1. The Bertz CT molecular complexity index is 774. The summed E-state index contributed by atoms with van der Waals surface area (Å²) in [6.07, 6.45) is 0.658. The number of carbonyl (C=O) groups excluding carboxylic acids is 1. The zero-order chi connectivity index (χ0) is 16.2. The molecule has 1 aromatic heterocycles. The lowest BCUT2D eigenvalue weighted by molar-refractivity contribution is 0.0602. The monoisotopic (exact) mass is 378 g/mol. The molecule has 0 spiro atoms. The molecule has 0 radical (unpaired) electrons. The van der Waals surface area contributed by atoms with Crippen molar-refractivity contribution in [2.75, 3.05) is 27.2 Å². The highest BCUT2D eigenvalue weighted by molar-refractivity contribution is 7.90. The van der Waals surface area contributed by atoms with Gasteiger partial charge in [-0.15, -0.1) is 23.7 Å². The van der Waals surface area contributed by atoms with Crippen LogP contribution in [0.3, 0.4) is 0 Å². The molecule has 1 heterocycles. The van der Waals surface area contributed by atoms with E-state index in [9.17, 15) is 13.2 Å². The highest BCUT2D eigenvalue weighted by Crippen LogP contribution is 2.34. The molecule has 0 aliphatic rings. The van der Waals surface area contributed by atoms with E-state index < -0.39 is 16.0 Å². The number of methoxy groups -OCH3 is 1. The first-order valence-electron chi connectivity index (χ1n) is 6.75. The molecule has 1 aromatic carbocycles. The van der Waals surface area contributed by atoms with Crippen molar-refractivity contribution >= 4 is 49.8 Å². The maximum absolute atomic E-state index is 12.6. The summed E-state index contributed by atoms with van der Waals surface area (Å²) >= 11 is 1.12. The van der Waals surface area contributed by atoms with Crippen LogP contribution in [-0.4, -0.2) is 41.6 Å². The summed E-state index contributed by atoms with van der Waals surface area (Å²) in [5, 5.41) is 3.49. The minimum absolute atomic E-state index is 0. The van der Waals surface area contributed by atoms with E-state index in [-0.39, 0.29) is 22.2 Å². The molecule has 0 aliphatic heterocycles. The Kier molecular flexibility index (Phi) is 7.43. The third-order valence-corrected chi connectivity index (χ3v) is 5.91. The Hall–Kier alpha value is -1.19. The summed E-state index contributed by atoms with van der Waals surface area (Å²) in [6, 6.07) is 7.03. The molecule has 0 fully saturated rings. The topological polar surface area (TPSA) is 84.5 Å². The molecule has 9 heteroatoms. The summed E-state index contributed by atoms with van der Waals surface area (Å²) in [4.78, 5) is 12.0. The van der Waals surface area contributed by atoms with Crippen molar-refractivity contribution in [3.8, 4) is 0 Å². The second-order valence-corrected chi connectivity index (χ2v) is 7.36. The van der Waals surface area contributed by atoms with E-state index in [4.69, 9.17) is 4.74 Å². The van der Waals surface area contributed by atoms with E-state index in [1.165, 1.54) is 7.11 Å². The Morgan fingerprint density at radius 3 is 2.61 bits per heavy atom. The Morgan fingerprint density at radius 1 is 1.26 bits per heavy atom. The maximum Gasteiger partial charge on any atom is 0.349 e. The van der Waals surface area contributed by atoms with Crippen molar-refractivity contribution in [1.29, 1.82) is 0 Å². The first kappa shape index (κ1) is 19.9. The summed E-state index contributed by atoms with van der Waals surface area (Å²) in [5.41, 5.74) is 0. The largest absolute Gasteiger partial charge is 0.465 e. The normalized spacial score (nSPS) is 11.2. The summed E-state index contributed by atoms with van der Waals surface area (Å²) in [6.45, 7) is 1.00. The lowest BCUT2D eigenvalue weighted by Gasteiger charge is -2.07. The van der Waals surface area contributed by atoms with Crippen molar-refractivity contribution in [2.24, 2.45) is 0 Å². The quantitative estimate of drug-likeness (QED) is 0.568. The molecular weight excluding hydrogens is 360 g/mol. The molecule has 128 valence electrons. The number of thiophene rings is 1. The van der Waals surface area contributed by atoms with Crippen LogP contribution in [0, 0.1) is 0 Å². The lowest BCUT2D eigenvalue weighted by atomic mass is 10.2. The number of hydrogen-bond acceptors (Lipinski definition) is 6. The van der Waals surface area contributed by atoms with Gasteiger partial charge in [-0.2, -0.15) is 0 Å². The zero-order valence-electron chi connectivity index (χ0n) is 12.8. The van der Waals surface area contributed by atoms with Gasteiger partial charge in [0.05, 0.1) is 7.11 Å². The smallest absolute Gasteiger partial charge is 0.349 e. The number of sulfonamides is 1. The van der Waals surface area contributed by atoms with Gasteiger partial charge >= 0.3 is 5.97 Å². The Labute approximate surface area is 145 Å². The van der Waals surface area contributed by atoms with Gasteiger partial charge in [0.15, 0.2) is 0 Å². The van der Waals surface area contributed by atoms with E-state index in [0.717, 1.165) is 16.0 Å². The van der Waals surface area contributed by atoms with Crippen LogP contribution in [0.5, 0.6) is 0 Å². The van der Waals surface area contributed by atoms with Crippen molar-refractivity contribution in [3.63, 3.8) is 0 Å². The molecule has 23 heavy (non-hydrogen) atoms. The van der Waals surface area contributed by atoms with Crippen LogP contribution in [0.4, 0.5) is 0 Å². The van der Waals surface area contributed by atoms with Gasteiger partial charge in [0.25, 0.3) is 0 Å². The molecule has 0 aliphatic carbocycles. The Morgan fingerprint density at radius 2 is 1.96 bits per heavy atom. The highest BCUT2D eigenvalue weighted by Gasteiger charge is 2.28. The van der Waals surface area contributed by atoms with Gasteiger partial charge in [0, 0.05) is 16.6 Å². The van der Waals surface area contributed by atoms with Crippen LogP contribution in [0.15, 0.2) is 29.2 Å². The second-order valence-electron chi connectivity index (χ2n) is 4.60. The van der Waals surface area contributed by atoms with E-state index in [2.05, 4.69) is 10.0 Å². The number of carbonyl (C=O) groups is 1. The van der Waals surface area contributed by atoms with Gasteiger partial charge in [0.1, 0.15) is 9.77 Å². The minimum atomic E-state index is -3.78. The average Bonchev–Trinajstić information content (AvgIpc) is 2.91. The molecule has 2 rings (SSSR count). The number of benzene rings is 1. The SMILES string of the molecule is CNCCCNS(=O)(=O)c1c(C(=O)OC)sc2ccccc12.Cl. The average molecular weight is 379 g/mol. The fourth-order valence-corrected chi connectivity index (χ4v) is 4.95. The molecule has 2 N–H and O–H groups in total. The first-order chi connectivity index (χ1) is 10.5. The van der Waals surface area contributed by atoms with E-state index in [1.807, 2.05) is 0 Å². The molecule has 0 unspecified atom stereocenters. The van der Waals surface area contributed by atoms with Crippen molar-refractivity contribution < 1.29 is 17.9 Å². The predicted molar refractivity (Wildman–Crippen MR) is 94.1 cm³/mol. The first-order valence-corrected chi connectivity index (χ1v) is 9.05. The number of halogens is 1. The number of hydrogen-bond donors (Lipinski definition) is 2. The molecule has 6 nitrogen and oxygen atoms in total. The van der Waals surface area contributed by atoms with Crippen LogP contribution < -0.4 is 10.0 Å². The zero-order valence-corrected chi connectivity index (χ0v) is 15.2. The van der Waals surface area contributed by atoms with Crippen molar-refractivity contribution in [2.45, 2.75) is 11.3 Å². The van der Waals surface area contributed by atoms with Gasteiger partial charge < -0.3 is 10.1 Å². The fourth-order valence-electron chi connectivity index (χ4n) is 2.06. The van der Waals surface area contributed by atoms with Gasteiger partial charge in [-0.05, 0) is 26.1 Å². The number of esters is 1. The van der Waals surface area contributed by atoms with Crippen LogP contribution in [-0.2, 0) is 14.8 Å². The Balaban J connectivity index is 0.00000264. The number of nitrogens with one attached hydrogen (secondary N) is 2. The molecule has 2 aromatic rings. The van der Waals surface area contributed by atoms with Crippen molar-refractivity contribution in [1.82, 2.24) is 10.0 Å². The predicted octanol–water partition coefficient (Wildman–Crippen LogP) is 2.00. The molecule has 0 saturated carbocycles. The lowest BCUT2D eigenvalue weighted by Crippen LogP contribution is -2.27. The fraction of sp³-hybridized carbons (Fsp3) is 0.357. The van der Waals surface area contributed by atoms with E-state index in [0.29, 0.717) is 24.9 Å². The van der Waals surface area contributed by atoms with Crippen LogP contribution >= 0.6 is 23.7 Å². The standard InChI is InChI=1S/C14H18N2O4S2.ClH/c1-15-8-5-9-16-22(18,19)13-10-6-3-4-7-11(10)21-12(13)14(17)20-2;/h3-4,6-7,15-16H,5,8-9H2,1-2H3;1H. The van der Waals surface area contributed by atoms with E-state index in [1.54, 1.807) is 31.3 Å². The minimum Gasteiger partial charge on any atom is -0.465 e. The molecule has 0 amide bonds. The van der Waals surface area contributed by atoms with Gasteiger partial charge in [-0.25, -0.2) is 17.9 Å². The summed E-state index contributed by atoms with van der Waals surface area (Å²) in [7, 11) is -0.737. The number of ether oxygens (including phenoxy) is 1. The molecule has 0 bridgehead atoms. The molecule has 0 atom stereocenters. The maximum atomic E-state index is 12.6. The van der Waals surface area contributed by atoms with Crippen LogP contribution in [0.2, 0.25) is 0 Å². The third-order valence-electron chi connectivity index (χ3n) is 3.09. The molecular formula is C14H19ClN2O4S2. The summed E-state index contributed by atoms with van der Waals surface area (Å²) in [5.74, 6) is -0.642. The van der Waals surface area contributed by atoms with Gasteiger partial charge in [-0.3, -0.25) is 0 Å².